The van der Waals surface area contributed by atoms with E-state index in [2.05, 4.69) is 24.1 Å². The monoisotopic (exact) mass is 330 g/mol. The van der Waals surface area contributed by atoms with Gasteiger partial charge in [0, 0.05) is 25.0 Å². The van der Waals surface area contributed by atoms with Gasteiger partial charge in [-0.05, 0) is 58.1 Å². The standard InChI is InChI=1S/C20H30N2O2/c1-13(2)22-10-15-16(11-22)18(15)19(23)21-20(4,5)12-24-17-9-7-6-8-14(17)3/h6-9,13,15-16,18H,10-12H2,1-5H3,(H,21,23)/t15-,16+,18?. The van der Waals surface area contributed by atoms with E-state index >= 15 is 0 Å². The van der Waals surface area contributed by atoms with Crippen molar-refractivity contribution in [3.05, 3.63) is 29.8 Å². The number of likely N-dealkylation sites (tertiary alicyclic amines) is 1. The highest BCUT2D eigenvalue weighted by Crippen LogP contribution is 2.52. The second-order valence-corrected chi connectivity index (χ2v) is 8.33. The van der Waals surface area contributed by atoms with Gasteiger partial charge in [0.2, 0.25) is 5.91 Å². The first kappa shape index (κ1) is 17.3. The molecule has 1 amide bonds. The summed E-state index contributed by atoms with van der Waals surface area (Å²) >= 11 is 0. The smallest absolute Gasteiger partial charge is 0.224 e. The zero-order valence-corrected chi connectivity index (χ0v) is 15.5. The van der Waals surface area contributed by atoms with Crippen LogP contribution in [-0.4, -0.2) is 42.1 Å². The number of aryl methyl sites for hydroxylation is 1. The molecule has 1 saturated carbocycles. The van der Waals surface area contributed by atoms with Crippen molar-refractivity contribution in [2.24, 2.45) is 17.8 Å². The van der Waals surface area contributed by atoms with E-state index in [9.17, 15) is 4.79 Å². The molecule has 24 heavy (non-hydrogen) atoms. The first-order valence-electron chi connectivity index (χ1n) is 9.03. The van der Waals surface area contributed by atoms with Gasteiger partial charge in [-0.1, -0.05) is 18.2 Å². The minimum absolute atomic E-state index is 0.201. The number of benzene rings is 1. The average Bonchev–Trinajstić information content (AvgIpc) is 3.01. The predicted octanol–water partition coefficient (Wildman–Crippen LogP) is 2.85. The molecular weight excluding hydrogens is 300 g/mol. The van der Waals surface area contributed by atoms with Gasteiger partial charge < -0.3 is 15.0 Å². The number of hydrogen-bond donors (Lipinski definition) is 1. The topological polar surface area (TPSA) is 41.6 Å². The zero-order valence-electron chi connectivity index (χ0n) is 15.5. The largest absolute Gasteiger partial charge is 0.491 e. The third-order valence-corrected chi connectivity index (χ3v) is 5.40. The van der Waals surface area contributed by atoms with E-state index in [0.717, 1.165) is 24.4 Å². The molecule has 0 bridgehead atoms. The van der Waals surface area contributed by atoms with Gasteiger partial charge >= 0.3 is 0 Å². The van der Waals surface area contributed by atoms with Crippen LogP contribution in [0.3, 0.4) is 0 Å². The van der Waals surface area contributed by atoms with Crippen molar-refractivity contribution < 1.29 is 9.53 Å². The molecule has 1 N–H and O–H groups in total. The number of carbonyl (C=O) groups is 1. The van der Waals surface area contributed by atoms with Crippen LogP contribution in [0.4, 0.5) is 0 Å². The molecule has 3 rings (SSSR count). The van der Waals surface area contributed by atoms with Crippen molar-refractivity contribution >= 4 is 5.91 Å². The number of ether oxygens (including phenoxy) is 1. The summed E-state index contributed by atoms with van der Waals surface area (Å²) in [5.74, 6) is 2.40. The Kier molecular flexibility index (Phi) is 4.60. The Hall–Kier alpha value is -1.55. The van der Waals surface area contributed by atoms with Gasteiger partial charge in [-0.3, -0.25) is 4.79 Å². The minimum Gasteiger partial charge on any atom is -0.491 e. The molecule has 4 heteroatoms. The van der Waals surface area contributed by atoms with E-state index in [-0.39, 0.29) is 17.4 Å². The number of piperidine rings is 1. The van der Waals surface area contributed by atoms with Crippen molar-refractivity contribution in [1.29, 1.82) is 0 Å². The molecule has 0 radical (unpaired) electrons. The van der Waals surface area contributed by atoms with E-state index in [4.69, 9.17) is 4.74 Å². The highest BCUT2D eigenvalue weighted by Gasteiger charge is 2.59. The van der Waals surface area contributed by atoms with Crippen LogP contribution in [0.25, 0.3) is 0 Å². The molecule has 1 unspecified atom stereocenters. The number of fused-ring (bicyclic) bond motifs is 1. The lowest BCUT2D eigenvalue weighted by Crippen LogP contribution is -2.49. The Morgan fingerprint density at radius 2 is 1.92 bits per heavy atom. The summed E-state index contributed by atoms with van der Waals surface area (Å²) in [7, 11) is 0. The van der Waals surface area contributed by atoms with E-state index in [1.165, 1.54) is 0 Å². The number of carbonyl (C=O) groups excluding carboxylic acids is 1. The van der Waals surface area contributed by atoms with Gasteiger partial charge in [0.1, 0.15) is 12.4 Å². The number of rotatable bonds is 6. The highest BCUT2D eigenvalue weighted by molar-refractivity contribution is 5.83. The predicted molar refractivity (Wildman–Crippen MR) is 96.1 cm³/mol. The Morgan fingerprint density at radius 1 is 1.29 bits per heavy atom. The molecule has 2 aliphatic rings. The maximum Gasteiger partial charge on any atom is 0.224 e. The second-order valence-electron chi connectivity index (χ2n) is 8.33. The Balaban J connectivity index is 1.49. The molecule has 4 nitrogen and oxygen atoms in total. The quantitative estimate of drug-likeness (QED) is 0.872. The number of hydrogen-bond acceptors (Lipinski definition) is 3. The lowest BCUT2D eigenvalue weighted by Gasteiger charge is -2.28. The third-order valence-electron chi connectivity index (χ3n) is 5.40. The molecule has 2 fully saturated rings. The molecule has 132 valence electrons. The van der Waals surface area contributed by atoms with Crippen molar-refractivity contribution in [1.82, 2.24) is 10.2 Å². The van der Waals surface area contributed by atoms with Crippen LogP contribution in [0.1, 0.15) is 33.3 Å². The van der Waals surface area contributed by atoms with Crippen LogP contribution in [-0.2, 0) is 4.79 Å². The van der Waals surface area contributed by atoms with E-state index in [1.807, 2.05) is 45.0 Å². The number of nitrogens with one attached hydrogen (secondary N) is 1. The fourth-order valence-corrected chi connectivity index (χ4v) is 3.80. The van der Waals surface area contributed by atoms with Crippen LogP contribution in [0, 0.1) is 24.7 Å². The van der Waals surface area contributed by atoms with Gasteiger partial charge in [0.05, 0.1) is 5.54 Å². The molecule has 0 aromatic heterocycles. The summed E-state index contributed by atoms with van der Waals surface area (Å²) in [5.41, 5.74) is 0.749. The highest BCUT2D eigenvalue weighted by atomic mass is 16.5. The summed E-state index contributed by atoms with van der Waals surface area (Å²) in [5, 5.41) is 3.20. The van der Waals surface area contributed by atoms with Gasteiger partial charge in [-0.2, -0.15) is 0 Å². The second kappa shape index (κ2) is 6.40. The van der Waals surface area contributed by atoms with Gasteiger partial charge in [-0.15, -0.1) is 0 Å². The van der Waals surface area contributed by atoms with Crippen molar-refractivity contribution in [3.8, 4) is 5.75 Å². The molecular formula is C20H30N2O2. The fourth-order valence-electron chi connectivity index (χ4n) is 3.80. The molecule has 1 aliphatic carbocycles. The Bertz CT molecular complexity index is 599. The van der Waals surface area contributed by atoms with Crippen LogP contribution in [0.2, 0.25) is 0 Å². The first-order chi connectivity index (χ1) is 11.3. The average molecular weight is 330 g/mol. The minimum atomic E-state index is -0.367. The Labute approximate surface area is 145 Å². The molecule has 1 aromatic carbocycles. The molecule has 1 aromatic rings. The lowest BCUT2D eigenvalue weighted by atomic mass is 10.1. The maximum absolute atomic E-state index is 12.6. The number of nitrogens with zero attached hydrogens (tertiary/aromatic N) is 1. The zero-order chi connectivity index (χ0) is 17.5. The van der Waals surface area contributed by atoms with Gasteiger partial charge in [-0.25, -0.2) is 0 Å². The van der Waals surface area contributed by atoms with E-state index in [1.54, 1.807) is 0 Å². The number of para-hydroxylation sites is 1. The molecule has 1 heterocycles. The van der Waals surface area contributed by atoms with Crippen LogP contribution < -0.4 is 10.1 Å². The third kappa shape index (κ3) is 3.59. The summed E-state index contributed by atoms with van der Waals surface area (Å²) in [6.07, 6.45) is 0. The molecule has 0 spiro atoms. The van der Waals surface area contributed by atoms with E-state index < -0.39 is 0 Å². The lowest BCUT2D eigenvalue weighted by molar-refractivity contribution is -0.125. The fraction of sp³-hybridized carbons (Fsp3) is 0.650. The summed E-state index contributed by atoms with van der Waals surface area (Å²) < 4.78 is 5.92. The van der Waals surface area contributed by atoms with Crippen LogP contribution in [0.5, 0.6) is 5.75 Å². The summed E-state index contributed by atoms with van der Waals surface area (Å²) in [4.78, 5) is 15.1. The molecule has 1 aliphatic heterocycles. The SMILES string of the molecule is Cc1ccccc1OCC(C)(C)NC(=O)C1[C@H]2CN(C(C)C)C[C@@H]12. The summed E-state index contributed by atoms with van der Waals surface area (Å²) in [6.45, 7) is 13.2. The Morgan fingerprint density at radius 3 is 2.50 bits per heavy atom. The summed E-state index contributed by atoms with van der Waals surface area (Å²) in [6, 6.07) is 8.56. The van der Waals surface area contributed by atoms with Crippen molar-refractivity contribution in [2.45, 2.75) is 46.2 Å². The van der Waals surface area contributed by atoms with Gasteiger partial charge in [0.15, 0.2) is 0 Å². The normalized spacial score (nSPS) is 26.3. The first-order valence-corrected chi connectivity index (χ1v) is 9.03. The van der Waals surface area contributed by atoms with Crippen molar-refractivity contribution in [2.75, 3.05) is 19.7 Å². The maximum atomic E-state index is 12.6. The molecule has 1 saturated heterocycles. The van der Waals surface area contributed by atoms with E-state index in [0.29, 0.717) is 24.5 Å². The number of amides is 1. The molecule has 3 atom stereocenters. The van der Waals surface area contributed by atoms with Crippen molar-refractivity contribution in [3.63, 3.8) is 0 Å². The van der Waals surface area contributed by atoms with Gasteiger partial charge in [0.25, 0.3) is 0 Å². The van der Waals surface area contributed by atoms with Crippen LogP contribution >= 0.6 is 0 Å². The van der Waals surface area contributed by atoms with Crippen LogP contribution in [0.15, 0.2) is 24.3 Å².